The van der Waals surface area contributed by atoms with Gasteiger partial charge in [0.15, 0.2) is 0 Å². The molecule has 2 amide bonds. The molecule has 0 bridgehead atoms. The first-order valence-electron chi connectivity index (χ1n) is 8.20. The number of halogens is 1. The molecule has 24 heavy (non-hydrogen) atoms. The molecule has 3 rings (SSSR count). The van der Waals surface area contributed by atoms with Crippen LogP contribution in [0.4, 0.5) is 9.18 Å². The molecule has 0 saturated carbocycles. The van der Waals surface area contributed by atoms with Crippen LogP contribution in [0.25, 0.3) is 0 Å². The number of aryl methyl sites for hydroxylation is 1. The zero-order valence-electron chi connectivity index (χ0n) is 13.7. The predicted molar refractivity (Wildman–Crippen MR) is 86.2 cm³/mol. The smallest absolute Gasteiger partial charge is 0.407 e. The Morgan fingerprint density at radius 2 is 2.21 bits per heavy atom. The van der Waals surface area contributed by atoms with E-state index in [2.05, 4.69) is 10.2 Å². The summed E-state index contributed by atoms with van der Waals surface area (Å²) in [5, 5.41) is 12.3. The van der Waals surface area contributed by atoms with Crippen molar-refractivity contribution in [3.63, 3.8) is 0 Å². The Kier molecular flexibility index (Phi) is 4.71. The quantitative estimate of drug-likeness (QED) is 0.880. The number of nitrogens with zero attached hydrogens (tertiary/aromatic N) is 2. The Labute approximate surface area is 140 Å². The van der Waals surface area contributed by atoms with E-state index >= 15 is 0 Å². The maximum atomic E-state index is 13.4. The van der Waals surface area contributed by atoms with Crippen molar-refractivity contribution >= 4 is 12.0 Å². The zero-order valence-corrected chi connectivity index (χ0v) is 13.7. The SMILES string of the molecule is Cc1cc(F)ccc1[C@H]1[C@H](CN2CCNC(=O)C2)CCN1C(=O)O. The van der Waals surface area contributed by atoms with Crippen molar-refractivity contribution in [2.24, 2.45) is 5.92 Å². The molecule has 0 aliphatic carbocycles. The third-order valence-corrected chi connectivity index (χ3v) is 4.93. The minimum absolute atomic E-state index is 0.00357. The highest BCUT2D eigenvalue weighted by atomic mass is 19.1. The molecule has 2 atom stereocenters. The molecule has 0 unspecified atom stereocenters. The van der Waals surface area contributed by atoms with Gasteiger partial charge in [-0.15, -0.1) is 0 Å². The molecule has 2 heterocycles. The first-order valence-corrected chi connectivity index (χ1v) is 8.20. The molecule has 1 aromatic rings. The van der Waals surface area contributed by atoms with E-state index < -0.39 is 6.09 Å². The van der Waals surface area contributed by atoms with Gasteiger partial charge in [0, 0.05) is 26.2 Å². The lowest BCUT2D eigenvalue weighted by molar-refractivity contribution is -0.124. The number of nitrogens with one attached hydrogen (secondary N) is 1. The molecule has 2 fully saturated rings. The van der Waals surface area contributed by atoms with Gasteiger partial charge in [0.05, 0.1) is 12.6 Å². The lowest BCUT2D eigenvalue weighted by Gasteiger charge is -2.33. The number of carbonyl (C=O) groups excluding carboxylic acids is 1. The van der Waals surface area contributed by atoms with Gasteiger partial charge in [0.1, 0.15) is 5.82 Å². The second-order valence-electron chi connectivity index (χ2n) is 6.56. The normalized spacial score (nSPS) is 24.9. The maximum Gasteiger partial charge on any atom is 0.407 e. The third-order valence-electron chi connectivity index (χ3n) is 4.93. The summed E-state index contributed by atoms with van der Waals surface area (Å²) < 4.78 is 13.4. The van der Waals surface area contributed by atoms with Crippen LogP contribution in [-0.4, -0.2) is 59.6 Å². The summed E-state index contributed by atoms with van der Waals surface area (Å²) in [6, 6.07) is 4.21. The lowest BCUT2D eigenvalue weighted by Crippen LogP contribution is -2.49. The van der Waals surface area contributed by atoms with Crippen molar-refractivity contribution in [3.05, 3.63) is 35.1 Å². The fraction of sp³-hybridized carbons (Fsp3) is 0.529. The monoisotopic (exact) mass is 335 g/mol. The minimum atomic E-state index is -0.956. The highest BCUT2D eigenvalue weighted by Crippen LogP contribution is 2.39. The second-order valence-corrected chi connectivity index (χ2v) is 6.56. The number of likely N-dealkylation sites (tertiary alicyclic amines) is 1. The van der Waals surface area contributed by atoms with Crippen LogP contribution in [0.15, 0.2) is 18.2 Å². The third kappa shape index (κ3) is 3.36. The number of hydrogen-bond acceptors (Lipinski definition) is 3. The summed E-state index contributed by atoms with van der Waals surface area (Å²) in [6.07, 6.45) is -0.214. The molecular weight excluding hydrogens is 313 g/mol. The van der Waals surface area contributed by atoms with Crippen molar-refractivity contribution in [1.29, 1.82) is 0 Å². The van der Waals surface area contributed by atoms with Gasteiger partial charge in [0.2, 0.25) is 5.91 Å². The number of benzene rings is 1. The van der Waals surface area contributed by atoms with E-state index in [0.29, 0.717) is 26.2 Å². The van der Waals surface area contributed by atoms with Crippen LogP contribution in [0.1, 0.15) is 23.6 Å². The van der Waals surface area contributed by atoms with Crippen molar-refractivity contribution < 1.29 is 19.1 Å². The fourth-order valence-electron chi connectivity index (χ4n) is 3.83. The average molecular weight is 335 g/mol. The van der Waals surface area contributed by atoms with Crippen LogP contribution < -0.4 is 5.32 Å². The van der Waals surface area contributed by atoms with Crippen LogP contribution in [-0.2, 0) is 4.79 Å². The zero-order chi connectivity index (χ0) is 17.3. The Balaban J connectivity index is 1.84. The van der Waals surface area contributed by atoms with Crippen LogP contribution in [0.5, 0.6) is 0 Å². The lowest BCUT2D eigenvalue weighted by atomic mass is 9.90. The number of carboxylic acid groups (broad SMARTS) is 1. The van der Waals surface area contributed by atoms with Crippen molar-refractivity contribution in [2.45, 2.75) is 19.4 Å². The van der Waals surface area contributed by atoms with E-state index in [-0.39, 0.29) is 23.7 Å². The summed E-state index contributed by atoms with van der Waals surface area (Å²) in [7, 11) is 0. The van der Waals surface area contributed by atoms with E-state index in [4.69, 9.17) is 0 Å². The number of hydrogen-bond donors (Lipinski definition) is 2. The van der Waals surface area contributed by atoms with Gasteiger partial charge < -0.3 is 15.3 Å². The summed E-state index contributed by atoms with van der Waals surface area (Å²) in [5.41, 5.74) is 1.61. The summed E-state index contributed by atoms with van der Waals surface area (Å²) in [5.74, 6) is -0.222. The van der Waals surface area contributed by atoms with Gasteiger partial charge in [-0.25, -0.2) is 9.18 Å². The maximum absolute atomic E-state index is 13.4. The van der Waals surface area contributed by atoms with Crippen LogP contribution >= 0.6 is 0 Å². The average Bonchev–Trinajstić information content (AvgIpc) is 2.91. The van der Waals surface area contributed by atoms with Gasteiger partial charge in [-0.05, 0) is 42.5 Å². The Bertz CT molecular complexity index is 652. The van der Waals surface area contributed by atoms with Gasteiger partial charge in [-0.2, -0.15) is 0 Å². The first-order chi connectivity index (χ1) is 11.5. The topological polar surface area (TPSA) is 72.9 Å². The second kappa shape index (κ2) is 6.76. The number of carbonyl (C=O) groups is 2. The van der Waals surface area contributed by atoms with E-state index in [1.165, 1.54) is 17.0 Å². The molecule has 1 aromatic carbocycles. The van der Waals surface area contributed by atoms with Crippen molar-refractivity contribution in [2.75, 3.05) is 32.7 Å². The van der Waals surface area contributed by atoms with Gasteiger partial charge in [-0.1, -0.05) is 6.07 Å². The summed E-state index contributed by atoms with van der Waals surface area (Å²) in [4.78, 5) is 26.7. The van der Waals surface area contributed by atoms with Gasteiger partial charge in [-0.3, -0.25) is 9.69 Å². The highest BCUT2D eigenvalue weighted by Gasteiger charge is 2.40. The molecule has 2 N–H and O–H groups in total. The predicted octanol–water partition coefficient (Wildman–Crippen LogP) is 1.61. The Morgan fingerprint density at radius 3 is 2.88 bits per heavy atom. The Hall–Kier alpha value is -2.15. The van der Waals surface area contributed by atoms with Crippen molar-refractivity contribution in [3.8, 4) is 0 Å². The molecule has 7 heteroatoms. The standard InChI is InChI=1S/C17H22FN3O3/c1-11-8-13(18)2-3-14(11)16-12(4-6-21(16)17(23)24)9-20-7-5-19-15(22)10-20/h2-3,8,12,16H,4-7,9-10H2,1H3,(H,19,22)(H,23,24)/t12-,16+/m0/s1. The minimum Gasteiger partial charge on any atom is -0.465 e. The number of piperazine rings is 1. The van der Waals surface area contributed by atoms with Gasteiger partial charge >= 0.3 is 6.09 Å². The Morgan fingerprint density at radius 1 is 1.42 bits per heavy atom. The molecule has 130 valence electrons. The molecule has 0 radical (unpaired) electrons. The summed E-state index contributed by atoms with van der Waals surface area (Å²) >= 11 is 0. The molecular formula is C17H22FN3O3. The van der Waals surface area contributed by atoms with E-state index in [0.717, 1.165) is 24.1 Å². The molecule has 2 aliphatic heterocycles. The number of rotatable bonds is 3. The molecule has 0 spiro atoms. The largest absolute Gasteiger partial charge is 0.465 e. The fourth-order valence-corrected chi connectivity index (χ4v) is 3.83. The summed E-state index contributed by atoms with van der Waals surface area (Å²) in [6.45, 7) is 4.67. The first kappa shape index (κ1) is 16.7. The van der Waals surface area contributed by atoms with Crippen LogP contribution in [0, 0.1) is 18.7 Å². The highest BCUT2D eigenvalue weighted by molar-refractivity contribution is 5.78. The van der Waals surface area contributed by atoms with Crippen LogP contribution in [0.2, 0.25) is 0 Å². The van der Waals surface area contributed by atoms with E-state index in [9.17, 15) is 19.1 Å². The van der Waals surface area contributed by atoms with E-state index in [1.807, 2.05) is 6.92 Å². The van der Waals surface area contributed by atoms with Gasteiger partial charge in [0.25, 0.3) is 0 Å². The van der Waals surface area contributed by atoms with Crippen LogP contribution in [0.3, 0.4) is 0 Å². The molecule has 2 aliphatic rings. The molecule has 6 nitrogen and oxygen atoms in total. The molecule has 2 saturated heterocycles. The molecule has 0 aromatic heterocycles. The van der Waals surface area contributed by atoms with Crippen molar-refractivity contribution in [1.82, 2.24) is 15.1 Å². The van der Waals surface area contributed by atoms with E-state index in [1.54, 1.807) is 6.07 Å². The number of amides is 2.